The van der Waals surface area contributed by atoms with Crippen LogP contribution in [0.1, 0.15) is 24.0 Å². The fourth-order valence-corrected chi connectivity index (χ4v) is 2.54. The maximum atomic E-state index is 11.6. The molecule has 9 heteroatoms. The van der Waals surface area contributed by atoms with Crippen LogP contribution >= 0.6 is 11.3 Å². The molecule has 8 nitrogen and oxygen atoms in total. The van der Waals surface area contributed by atoms with E-state index in [1.165, 1.54) is 11.3 Å². The van der Waals surface area contributed by atoms with E-state index in [0.29, 0.717) is 25.5 Å². The van der Waals surface area contributed by atoms with Crippen molar-refractivity contribution < 1.29 is 14.5 Å². The average Bonchev–Trinajstić information content (AvgIpc) is 3.02. The van der Waals surface area contributed by atoms with Crippen molar-refractivity contribution >= 4 is 23.0 Å². The van der Waals surface area contributed by atoms with Gasteiger partial charge in [0.1, 0.15) is 17.2 Å². The first-order valence-electron chi connectivity index (χ1n) is 7.64. The number of hydrogen-bond donors (Lipinski definition) is 2. The summed E-state index contributed by atoms with van der Waals surface area (Å²) in [5.74, 6) is 0.205. The molecule has 1 aromatic heterocycles. The molecule has 25 heavy (non-hydrogen) atoms. The number of carbonyl (C=O) groups is 1. The van der Waals surface area contributed by atoms with Crippen LogP contribution in [-0.4, -0.2) is 35.5 Å². The summed E-state index contributed by atoms with van der Waals surface area (Å²) < 4.78 is 5.31. The van der Waals surface area contributed by atoms with E-state index in [0.717, 1.165) is 17.1 Å². The van der Waals surface area contributed by atoms with Crippen molar-refractivity contribution in [2.75, 3.05) is 19.7 Å². The van der Waals surface area contributed by atoms with Gasteiger partial charge in [0, 0.05) is 31.3 Å². The van der Waals surface area contributed by atoms with E-state index < -0.39 is 10.6 Å². The first-order chi connectivity index (χ1) is 11.8. The van der Waals surface area contributed by atoms with Crippen molar-refractivity contribution in [2.45, 2.75) is 19.8 Å². The van der Waals surface area contributed by atoms with Gasteiger partial charge in [0.25, 0.3) is 5.70 Å². The Morgan fingerprint density at radius 2 is 2.12 bits per heavy atom. The Kier molecular flexibility index (Phi) is 8.51. The van der Waals surface area contributed by atoms with Crippen LogP contribution in [0.5, 0.6) is 0 Å². The van der Waals surface area contributed by atoms with E-state index in [9.17, 15) is 14.9 Å². The third-order valence-corrected chi connectivity index (χ3v) is 3.97. The van der Waals surface area contributed by atoms with E-state index in [-0.39, 0.29) is 18.0 Å². The smallest absolute Gasteiger partial charge is 0.285 e. The van der Waals surface area contributed by atoms with Gasteiger partial charge in [0.2, 0.25) is 5.91 Å². The summed E-state index contributed by atoms with van der Waals surface area (Å²) in [6.07, 6.45) is 0.894. The summed E-state index contributed by atoms with van der Waals surface area (Å²) in [6.45, 7) is 14.0. The molecule has 1 heterocycles. The highest BCUT2D eigenvalue weighted by atomic mass is 32.1. The van der Waals surface area contributed by atoms with Crippen molar-refractivity contribution in [2.24, 2.45) is 0 Å². The summed E-state index contributed by atoms with van der Waals surface area (Å²) in [4.78, 5) is 25.9. The monoisotopic (exact) mass is 366 g/mol. The van der Waals surface area contributed by atoms with Crippen LogP contribution in [0.15, 0.2) is 36.5 Å². The van der Waals surface area contributed by atoms with Crippen molar-refractivity contribution in [3.63, 3.8) is 0 Å². The molecule has 0 spiro atoms. The highest BCUT2D eigenvalue weighted by molar-refractivity contribution is 7.09. The number of nitrogens with zero attached hydrogens (tertiary/aromatic N) is 2. The van der Waals surface area contributed by atoms with Gasteiger partial charge in [-0.3, -0.25) is 14.9 Å². The molecule has 0 unspecified atom stereocenters. The number of aromatic nitrogens is 1. The predicted octanol–water partition coefficient (Wildman–Crippen LogP) is 2.09. The van der Waals surface area contributed by atoms with Crippen LogP contribution in [0.2, 0.25) is 0 Å². The number of ether oxygens (including phenoxy) is 1. The Labute approximate surface area is 150 Å². The van der Waals surface area contributed by atoms with E-state index in [1.54, 1.807) is 0 Å². The topological polar surface area (TPSA) is 106 Å². The molecule has 0 fully saturated rings. The van der Waals surface area contributed by atoms with Gasteiger partial charge in [-0.1, -0.05) is 13.2 Å². The molecule has 0 aliphatic heterocycles. The second-order valence-corrected chi connectivity index (χ2v) is 5.91. The zero-order chi connectivity index (χ0) is 18.8. The highest BCUT2D eigenvalue weighted by Crippen LogP contribution is 2.17. The SMILES string of the molecule is C=C(NC(=O)CCNCCc1nc(C(=C)OCC)cs1)C(=C)[N+](=O)[O-]. The van der Waals surface area contributed by atoms with E-state index >= 15 is 0 Å². The second kappa shape index (κ2) is 10.4. The summed E-state index contributed by atoms with van der Waals surface area (Å²) in [5.41, 5.74) is 0.222. The number of rotatable bonds is 12. The molecule has 0 aromatic carbocycles. The summed E-state index contributed by atoms with van der Waals surface area (Å²) in [5, 5.41) is 18.8. The Hall–Kier alpha value is -2.52. The molecule has 1 aromatic rings. The molecule has 0 aliphatic rings. The van der Waals surface area contributed by atoms with Crippen LogP contribution in [0.25, 0.3) is 5.76 Å². The van der Waals surface area contributed by atoms with Crippen molar-refractivity contribution in [3.8, 4) is 0 Å². The van der Waals surface area contributed by atoms with Crippen molar-refractivity contribution in [1.29, 1.82) is 0 Å². The molecule has 0 aliphatic carbocycles. The molecule has 0 bridgehead atoms. The lowest BCUT2D eigenvalue weighted by molar-refractivity contribution is -0.420. The van der Waals surface area contributed by atoms with Crippen LogP contribution in [0.3, 0.4) is 0 Å². The molecule has 136 valence electrons. The minimum absolute atomic E-state index is 0.0974. The zero-order valence-corrected chi connectivity index (χ0v) is 15.0. The number of hydrogen-bond acceptors (Lipinski definition) is 7. The van der Waals surface area contributed by atoms with Gasteiger partial charge in [0.05, 0.1) is 16.5 Å². The molecule has 1 rings (SSSR count). The van der Waals surface area contributed by atoms with Gasteiger partial charge < -0.3 is 15.4 Å². The van der Waals surface area contributed by atoms with Gasteiger partial charge in [-0.15, -0.1) is 11.3 Å². The predicted molar refractivity (Wildman–Crippen MR) is 97.4 cm³/mol. The van der Waals surface area contributed by atoms with Gasteiger partial charge in [-0.25, -0.2) is 4.98 Å². The standard InChI is InChI=1S/C16H22N4O4S/c1-5-24-13(4)14-10-25-16(19-14)7-9-17-8-6-15(21)18-11(2)12(3)20(22)23/h10,17H,2-9H2,1H3,(H,18,21). The molecule has 0 atom stereocenters. The third kappa shape index (κ3) is 7.27. The van der Waals surface area contributed by atoms with E-state index in [2.05, 4.69) is 35.4 Å². The number of carbonyl (C=O) groups excluding carboxylic acids is 1. The molecule has 0 radical (unpaired) electrons. The maximum absolute atomic E-state index is 11.6. The largest absolute Gasteiger partial charge is 0.492 e. The Morgan fingerprint density at radius 1 is 1.40 bits per heavy atom. The van der Waals surface area contributed by atoms with E-state index in [4.69, 9.17) is 4.74 Å². The Morgan fingerprint density at radius 3 is 2.76 bits per heavy atom. The Balaban J connectivity index is 2.23. The number of nitrogens with one attached hydrogen (secondary N) is 2. The lowest BCUT2D eigenvalue weighted by Gasteiger charge is -2.06. The lowest BCUT2D eigenvalue weighted by atomic mass is 10.3. The average molecular weight is 366 g/mol. The summed E-state index contributed by atoms with van der Waals surface area (Å²) in [6, 6.07) is 0. The highest BCUT2D eigenvalue weighted by Gasteiger charge is 2.14. The normalized spacial score (nSPS) is 10.1. The number of thiazole rings is 1. The minimum atomic E-state index is -0.691. The zero-order valence-electron chi connectivity index (χ0n) is 14.2. The van der Waals surface area contributed by atoms with Crippen molar-refractivity contribution in [1.82, 2.24) is 15.6 Å². The van der Waals surface area contributed by atoms with Gasteiger partial charge in [-0.2, -0.15) is 0 Å². The summed E-state index contributed by atoms with van der Waals surface area (Å²) in [7, 11) is 0. The Bertz CT molecular complexity index is 669. The molecule has 2 N–H and O–H groups in total. The lowest BCUT2D eigenvalue weighted by Crippen LogP contribution is -2.29. The second-order valence-electron chi connectivity index (χ2n) is 4.96. The maximum Gasteiger partial charge on any atom is 0.285 e. The van der Waals surface area contributed by atoms with Crippen LogP contribution in [0, 0.1) is 10.1 Å². The minimum Gasteiger partial charge on any atom is -0.492 e. The third-order valence-electron chi connectivity index (χ3n) is 3.06. The summed E-state index contributed by atoms with van der Waals surface area (Å²) >= 11 is 1.53. The molecule has 0 saturated heterocycles. The van der Waals surface area contributed by atoms with E-state index in [1.807, 2.05) is 12.3 Å². The van der Waals surface area contributed by atoms with Crippen LogP contribution in [0.4, 0.5) is 0 Å². The fourth-order valence-electron chi connectivity index (χ4n) is 1.74. The van der Waals surface area contributed by atoms with Crippen molar-refractivity contribution in [3.05, 3.63) is 57.3 Å². The van der Waals surface area contributed by atoms with Gasteiger partial charge in [0.15, 0.2) is 0 Å². The first-order valence-corrected chi connectivity index (χ1v) is 8.52. The van der Waals surface area contributed by atoms with Crippen LogP contribution < -0.4 is 10.6 Å². The molecule has 0 saturated carbocycles. The molecular weight excluding hydrogens is 344 g/mol. The first kappa shape index (κ1) is 20.5. The van der Waals surface area contributed by atoms with Gasteiger partial charge >= 0.3 is 0 Å². The number of amides is 1. The molecule has 1 amide bonds. The fraction of sp³-hybridized carbons (Fsp3) is 0.375. The van der Waals surface area contributed by atoms with Crippen LogP contribution in [-0.2, 0) is 16.0 Å². The quantitative estimate of drug-likeness (QED) is 0.193. The number of nitro groups is 1. The van der Waals surface area contributed by atoms with Gasteiger partial charge in [-0.05, 0) is 13.5 Å². The molecular formula is C16H22N4O4S.